The van der Waals surface area contributed by atoms with Gasteiger partial charge in [-0.25, -0.2) is 10.8 Å². The lowest BCUT2D eigenvalue weighted by Gasteiger charge is -2.31. The molecule has 88 valence electrons. The quantitative estimate of drug-likeness (QED) is 0.561. The number of nitrogen functional groups attached to an aromatic ring is 1. The van der Waals surface area contributed by atoms with Gasteiger partial charge in [0.05, 0.1) is 6.54 Å². The van der Waals surface area contributed by atoms with Crippen molar-refractivity contribution in [3.63, 3.8) is 0 Å². The second kappa shape index (κ2) is 4.77. The predicted octanol–water partition coefficient (Wildman–Crippen LogP) is -0.297. The SMILES string of the molecule is CN1CCN(Cc2cnc(NN)s2)CC1=O. The van der Waals surface area contributed by atoms with Crippen LogP contribution in [0, 0.1) is 0 Å². The minimum atomic E-state index is 0.174. The average molecular weight is 241 g/mol. The topological polar surface area (TPSA) is 74.5 Å². The molecule has 1 aliphatic rings. The molecule has 0 saturated carbocycles. The number of likely N-dealkylation sites (N-methyl/N-ethyl adjacent to an activating group) is 1. The number of hydrogen-bond donors (Lipinski definition) is 2. The van der Waals surface area contributed by atoms with Gasteiger partial charge in [-0.15, -0.1) is 0 Å². The third-order valence-corrected chi connectivity index (χ3v) is 3.51. The molecular weight excluding hydrogens is 226 g/mol. The molecule has 6 nitrogen and oxygen atoms in total. The van der Waals surface area contributed by atoms with Crippen molar-refractivity contribution in [3.05, 3.63) is 11.1 Å². The number of nitrogens with one attached hydrogen (secondary N) is 1. The second-order valence-corrected chi connectivity index (χ2v) is 4.92. The largest absolute Gasteiger partial charge is 0.343 e. The summed E-state index contributed by atoms with van der Waals surface area (Å²) in [6.07, 6.45) is 1.79. The lowest BCUT2D eigenvalue weighted by atomic mass is 10.3. The van der Waals surface area contributed by atoms with E-state index in [1.54, 1.807) is 11.1 Å². The Bertz CT molecular complexity index is 380. The maximum Gasteiger partial charge on any atom is 0.236 e. The minimum Gasteiger partial charge on any atom is -0.343 e. The van der Waals surface area contributed by atoms with Gasteiger partial charge in [0.25, 0.3) is 0 Å². The van der Waals surface area contributed by atoms with Gasteiger partial charge < -0.3 is 4.90 Å². The molecule has 1 aromatic rings. The van der Waals surface area contributed by atoms with Crippen molar-refractivity contribution < 1.29 is 4.79 Å². The zero-order valence-electron chi connectivity index (χ0n) is 9.14. The Morgan fingerprint density at radius 3 is 3.06 bits per heavy atom. The Labute approximate surface area is 98.0 Å². The third kappa shape index (κ3) is 2.49. The van der Waals surface area contributed by atoms with Crippen molar-refractivity contribution in [2.75, 3.05) is 32.1 Å². The van der Waals surface area contributed by atoms with Gasteiger partial charge in [-0.3, -0.25) is 15.1 Å². The first-order valence-electron chi connectivity index (χ1n) is 5.06. The first-order valence-corrected chi connectivity index (χ1v) is 5.88. The molecule has 0 atom stereocenters. The van der Waals surface area contributed by atoms with Crippen LogP contribution in [0.25, 0.3) is 0 Å². The summed E-state index contributed by atoms with van der Waals surface area (Å²) in [6.45, 7) is 2.95. The molecule has 0 aliphatic carbocycles. The number of carbonyl (C=O) groups excluding carboxylic acids is 1. The van der Waals surface area contributed by atoms with Gasteiger partial charge in [0.15, 0.2) is 5.13 Å². The van der Waals surface area contributed by atoms with Crippen LogP contribution in [0.2, 0.25) is 0 Å². The number of rotatable bonds is 3. The Morgan fingerprint density at radius 1 is 1.62 bits per heavy atom. The molecule has 0 bridgehead atoms. The lowest BCUT2D eigenvalue weighted by molar-refractivity contribution is -0.134. The first kappa shape index (κ1) is 11.3. The van der Waals surface area contributed by atoms with E-state index in [-0.39, 0.29) is 5.91 Å². The molecule has 1 fully saturated rings. The van der Waals surface area contributed by atoms with Crippen molar-refractivity contribution in [1.82, 2.24) is 14.8 Å². The summed E-state index contributed by atoms with van der Waals surface area (Å²) >= 11 is 1.51. The van der Waals surface area contributed by atoms with Gasteiger partial charge in [0, 0.05) is 37.8 Å². The van der Waals surface area contributed by atoms with Crippen LogP contribution in [-0.4, -0.2) is 47.4 Å². The van der Waals surface area contributed by atoms with E-state index in [9.17, 15) is 4.79 Å². The van der Waals surface area contributed by atoms with Crippen molar-refractivity contribution in [2.24, 2.45) is 5.84 Å². The molecule has 0 aromatic carbocycles. The van der Waals surface area contributed by atoms with Crippen LogP contribution in [0.3, 0.4) is 0 Å². The van der Waals surface area contributed by atoms with Gasteiger partial charge in [0.1, 0.15) is 0 Å². The molecule has 16 heavy (non-hydrogen) atoms. The summed E-state index contributed by atoms with van der Waals surface area (Å²) in [5.74, 6) is 5.43. The van der Waals surface area contributed by atoms with E-state index < -0.39 is 0 Å². The number of anilines is 1. The number of carbonyl (C=O) groups is 1. The number of hydrazine groups is 1. The van der Waals surface area contributed by atoms with Gasteiger partial charge in [-0.05, 0) is 0 Å². The van der Waals surface area contributed by atoms with Gasteiger partial charge in [-0.1, -0.05) is 11.3 Å². The molecule has 2 rings (SSSR count). The standard InChI is InChI=1S/C9H15N5OS/c1-13-2-3-14(6-8(13)15)5-7-4-11-9(12-10)16-7/h4H,2-3,5-6,10H2,1H3,(H,11,12). The molecule has 3 N–H and O–H groups in total. The zero-order chi connectivity index (χ0) is 11.5. The molecule has 0 radical (unpaired) electrons. The normalized spacial score (nSPS) is 17.9. The van der Waals surface area contributed by atoms with Gasteiger partial charge >= 0.3 is 0 Å². The van der Waals surface area contributed by atoms with Crippen molar-refractivity contribution in [1.29, 1.82) is 0 Å². The van der Waals surface area contributed by atoms with Gasteiger partial charge in [0.2, 0.25) is 5.91 Å². The van der Waals surface area contributed by atoms with Crippen LogP contribution < -0.4 is 11.3 Å². The van der Waals surface area contributed by atoms with E-state index in [1.807, 2.05) is 7.05 Å². The van der Waals surface area contributed by atoms with Crippen LogP contribution in [0.5, 0.6) is 0 Å². The number of aromatic nitrogens is 1. The van der Waals surface area contributed by atoms with Crippen LogP contribution in [0.15, 0.2) is 6.20 Å². The monoisotopic (exact) mass is 241 g/mol. The Morgan fingerprint density at radius 2 is 2.44 bits per heavy atom. The van der Waals surface area contributed by atoms with Gasteiger partial charge in [-0.2, -0.15) is 0 Å². The lowest BCUT2D eigenvalue weighted by Crippen LogP contribution is -2.47. The summed E-state index contributed by atoms with van der Waals surface area (Å²) in [7, 11) is 1.84. The maximum atomic E-state index is 11.5. The molecule has 1 aliphatic heterocycles. The van der Waals surface area contributed by atoms with E-state index in [2.05, 4.69) is 15.3 Å². The number of amides is 1. The fraction of sp³-hybridized carbons (Fsp3) is 0.556. The highest BCUT2D eigenvalue weighted by Crippen LogP contribution is 2.19. The number of nitrogens with zero attached hydrogens (tertiary/aromatic N) is 3. The molecule has 1 saturated heterocycles. The van der Waals surface area contributed by atoms with Crippen LogP contribution in [0.4, 0.5) is 5.13 Å². The summed E-state index contributed by atoms with van der Waals surface area (Å²) in [5.41, 5.74) is 2.51. The first-order chi connectivity index (χ1) is 7.69. The average Bonchev–Trinajstić information content (AvgIpc) is 2.71. The van der Waals surface area contributed by atoms with E-state index in [0.29, 0.717) is 11.7 Å². The zero-order valence-corrected chi connectivity index (χ0v) is 9.96. The summed E-state index contributed by atoms with van der Waals surface area (Å²) < 4.78 is 0. The highest BCUT2D eigenvalue weighted by Gasteiger charge is 2.21. The molecule has 0 spiro atoms. The van der Waals surface area contributed by atoms with Crippen molar-refractivity contribution in [2.45, 2.75) is 6.54 Å². The Hall–Kier alpha value is -1.18. The molecule has 1 amide bonds. The second-order valence-electron chi connectivity index (χ2n) is 3.80. The number of thiazole rings is 1. The molecule has 2 heterocycles. The summed E-state index contributed by atoms with van der Waals surface area (Å²) in [4.78, 5) is 20.6. The van der Waals surface area contributed by atoms with Crippen LogP contribution in [-0.2, 0) is 11.3 Å². The van der Waals surface area contributed by atoms with E-state index >= 15 is 0 Å². The summed E-state index contributed by atoms with van der Waals surface area (Å²) in [6, 6.07) is 0. The maximum absolute atomic E-state index is 11.5. The van der Waals surface area contributed by atoms with E-state index in [0.717, 1.165) is 24.5 Å². The predicted molar refractivity (Wildman–Crippen MR) is 62.8 cm³/mol. The molecule has 1 aromatic heterocycles. The Balaban J connectivity index is 1.92. The smallest absolute Gasteiger partial charge is 0.236 e. The molecular formula is C9H15N5OS. The van der Waals surface area contributed by atoms with Crippen LogP contribution >= 0.6 is 11.3 Å². The number of hydrogen-bond acceptors (Lipinski definition) is 6. The fourth-order valence-electron chi connectivity index (χ4n) is 1.61. The van der Waals surface area contributed by atoms with Crippen molar-refractivity contribution >= 4 is 22.4 Å². The third-order valence-electron chi connectivity index (χ3n) is 2.59. The molecule has 0 unspecified atom stereocenters. The molecule has 7 heteroatoms. The highest BCUT2D eigenvalue weighted by molar-refractivity contribution is 7.15. The number of nitrogens with two attached hydrogens (primary N) is 1. The van der Waals surface area contributed by atoms with Crippen LogP contribution in [0.1, 0.15) is 4.88 Å². The van der Waals surface area contributed by atoms with E-state index in [4.69, 9.17) is 5.84 Å². The van der Waals surface area contributed by atoms with Crippen molar-refractivity contribution in [3.8, 4) is 0 Å². The van der Waals surface area contributed by atoms with E-state index in [1.165, 1.54) is 11.3 Å². The minimum absolute atomic E-state index is 0.174. The Kier molecular flexibility index (Phi) is 3.37. The fourth-order valence-corrected chi connectivity index (χ4v) is 2.38. The highest BCUT2D eigenvalue weighted by atomic mass is 32.1. The number of piperazine rings is 1. The summed E-state index contributed by atoms with van der Waals surface area (Å²) in [5, 5.41) is 0.704.